The quantitative estimate of drug-likeness (QED) is 0.482. The second-order valence-electron chi connectivity index (χ2n) is 3.34. The average Bonchev–Trinajstić information content (AvgIpc) is 2.36. The number of thiocarbonyl (C=S) groups is 2. The Hall–Kier alpha value is -1.40. The third-order valence-electron chi connectivity index (χ3n) is 2.11. The lowest BCUT2D eigenvalue weighted by atomic mass is 10.1. The van der Waals surface area contributed by atoms with Gasteiger partial charge in [0, 0.05) is 12.7 Å². The highest BCUT2D eigenvalue weighted by Gasteiger charge is 1.98. The minimum Gasteiger partial charge on any atom is -0.364 e. The van der Waals surface area contributed by atoms with Crippen molar-refractivity contribution in [3.05, 3.63) is 29.8 Å². The maximum absolute atomic E-state index is 5.11. The molecule has 0 spiro atoms. The largest absolute Gasteiger partial charge is 0.364 e. The molecule has 92 valence electrons. The number of rotatable bonds is 2. The van der Waals surface area contributed by atoms with Crippen LogP contribution in [0.4, 0.5) is 5.69 Å². The normalized spacial score (nSPS) is 9.29. The first-order valence-electron chi connectivity index (χ1n) is 5.29. The van der Waals surface area contributed by atoms with Crippen molar-refractivity contribution in [2.75, 3.05) is 12.4 Å². The monoisotopic (exact) mass is 268 g/mol. The molecule has 0 amide bonds. The molecule has 0 saturated carbocycles. The fourth-order valence-corrected chi connectivity index (χ4v) is 1.43. The molecule has 4 N–H and O–H groups in total. The molecule has 0 radical (unpaired) electrons. The van der Waals surface area contributed by atoms with Crippen LogP contribution in [-0.2, 0) is 6.42 Å². The molecule has 4 nitrogen and oxygen atoms in total. The van der Waals surface area contributed by atoms with Crippen LogP contribution >= 0.6 is 24.4 Å². The third kappa shape index (κ3) is 4.97. The maximum Gasteiger partial charge on any atom is 0.189 e. The van der Waals surface area contributed by atoms with Crippen LogP contribution in [0.3, 0.4) is 0 Å². The van der Waals surface area contributed by atoms with E-state index in [1.807, 2.05) is 12.1 Å². The number of anilines is 1. The van der Waals surface area contributed by atoms with Crippen molar-refractivity contribution >= 4 is 40.3 Å². The van der Waals surface area contributed by atoms with Crippen molar-refractivity contribution in [1.29, 1.82) is 0 Å². The second kappa shape index (κ2) is 7.03. The number of hydrogen-bond acceptors (Lipinski definition) is 2. The number of hydrogen-bond donors (Lipinski definition) is 4. The summed E-state index contributed by atoms with van der Waals surface area (Å²) in [4.78, 5) is 0. The summed E-state index contributed by atoms with van der Waals surface area (Å²) in [5, 5.41) is 6.79. The molecule has 0 atom stereocenters. The highest BCUT2D eigenvalue weighted by atomic mass is 32.1. The Balaban J connectivity index is 2.47. The fraction of sp³-hybridized carbons (Fsp3) is 0.273. The summed E-state index contributed by atoms with van der Waals surface area (Å²) in [5.74, 6) is 0. The molecule has 17 heavy (non-hydrogen) atoms. The Morgan fingerprint density at radius 1 is 1.18 bits per heavy atom. The van der Waals surface area contributed by atoms with E-state index in [1.54, 1.807) is 7.05 Å². The standard InChI is InChI=1S/C11H16N4S2/c1-3-8-5-4-6-9(7-8)13-11(17)15-14-10(16)12-2/h4-7H,3H2,1-2H3,(H2,12,14,16)(H2,13,15,17). The van der Waals surface area contributed by atoms with Gasteiger partial charge >= 0.3 is 0 Å². The van der Waals surface area contributed by atoms with E-state index in [1.165, 1.54) is 5.56 Å². The highest BCUT2D eigenvalue weighted by molar-refractivity contribution is 7.80. The average molecular weight is 268 g/mol. The van der Waals surface area contributed by atoms with Crippen LogP contribution in [0.25, 0.3) is 0 Å². The number of hydrazine groups is 1. The molecular formula is C11H16N4S2. The summed E-state index contributed by atoms with van der Waals surface area (Å²) < 4.78 is 0. The summed E-state index contributed by atoms with van der Waals surface area (Å²) in [5.41, 5.74) is 7.75. The van der Waals surface area contributed by atoms with E-state index in [2.05, 4.69) is 40.5 Å². The smallest absolute Gasteiger partial charge is 0.189 e. The van der Waals surface area contributed by atoms with Crippen LogP contribution in [-0.4, -0.2) is 17.3 Å². The van der Waals surface area contributed by atoms with Gasteiger partial charge in [0.05, 0.1) is 0 Å². The Bertz CT molecular complexity index is 406. The van der Waals surface area contributed by atoms with Gasteiger partial charge in [0.1, 0.15) is 0 Å². The number of benzene rings is 1. The van der Waals surface area contributed by atoms with E-state index in [0.717, 1.165) is 12.1 Å². The van der Waals surface area contributed by atoms with Gasteiger partial charge in [-0.2, -0.15) is 0 Å². The van der Waals surface area contributed by atoms with Crippen LogP contribution in [0.5, 0.6) is 0 Å². The lowest BCUT2D eigenvalue weighted by molar-refractivity contribution is 0.853. The minimum atomic E-state index is 0.468. The lowest BCUT2D eigenvalue weighted by Crippen LogP contribution is -2.47. The molecule has 0 aliphatic heterocycles. The molecule has 0 saturated heterocycles. The summed E-state index contributed by atoms with van der Waals surface area (Å²) in [7, 11) is 1.73. The van der Waals surface area contributed by atoms with E-state index in [4.69, 9.17) is 24.4 Å². The molecule has 0 heterocycles. The molecule has 0 fully saturated rings. The molecule has 0 bridgehead atoms. The summed E-state index contributed by atoms with van der Waals surface area (Å²) >= 11 is 10.0. The zero-order chi connectivity index (χ0) is 12.7. The van der Waals surface area contributed by atoms with Gasteiger partial charge in [-0.3, -0.25) is 10.9 Å². The highest BCUT2D eigenvalue weighted by Crippen LogP contribution is 2.10. The molecule has 6 heteroatoms. The van der Waals surface area contributed by atoms with E-state index in [-0.39, 0.29) is 0 Å². The summed E-state index contributed by atoms with van der Waals surface area (Å²) in [6, 6.07) is 8.10. The van der Waals surface area contributed by atoms with Gasteiger partial charge in [-0.15, -0.1) is 0 Å². The first-order valence-corrected chi connectivity index (χ1v) is 6.11. The Kier molecular flexibility index (Phi) is 5.65. The number of nitrogens with one attached hydrogen (secondary N) is 4. The molecule has 0 aromatic heterocycles. The van der Waals surface area contributed by atoms with Crippen molar-refractivity contribution < 1.29 is 0 Å². The Labute approximate surface area is 112 Å². The first kappa shape index (κ1) is 13.7. The van der Waals surface area contributed by atoms with Crippen LogP contribution in [0.15, 0.2) is 24.3 Å². The predicted octanol–water partition coefficient (Wildman–Crippen LogP) is 1.54. The molecule has 1 rings (SSSR count). The number of aryl methyl sites for hydroxylation is 1. The van der Waals surface area contributed by atoms with Crippen LogP contribution in [0, 0.1) is 0 Å². The Morgan fingerprint density at radius 3 is 2.53 bits per heavy atom. The van der Waals surface area contributed by atoms with Crippen LogP contribution in [0.1, 0.15) is 12.5 Å². The van der Waals surface area contributed by atoms with Crippen molar-refractivity contribution in [1.82, 2.24) is 16.2 Å². The van der Waals surface area contributed by atoms with Crippen molar-refractivity contribution in [3.63, 3.8) is 0 Å². The van der Waals surface area contributed by atoms with Crippen LogP contribution in [0.2, 0.25) is 0 Å². The SMILES string of the molecule is CCc1cccc(NC(=S)NNC(=S)NC)c1. The lowest BCUT2D eigenvalue weighted by Gasteiger charge is -2.13. The fourth-order valence-electron chi connectivity index (χ4n) is 1.21. The van der Waals surface area contributed by atoms with E-state index in [0.29, 0.717) is 10.2 Å². The molecule has 0 aliphatic carbocycles. The summed E-state index contributed by atoms with van der Waals surface area (Å²) in [6.45, 7) is 2.11. The maximum atomic E-state index is 5.11. The van der Waals surface area contributed by atoms with Gasteiger partial charge in [-0.25, -0.2) is 0 Å². The van der Waals surface area contributed by atoms with Crippen molar-refractivity contribution in [2.45, 2.75) is 13.3 Å². The zero-order valence-electron chi connectivity index (χ0n) is 9.83. The molecule has 0 aliphatic rings. The van der Waals surface area contributed by atoms with Gasteiger partial charge in [-0.1, -0.05) is 19.1 Å². The van der Waals surface area contributed by atoms with Crippen molar-refractivity contribution in [3.8, 4) is 0 Å². The Morgan fingerprint density at radius 2 is 1.88 bits per heavy atom. The van der Waals surface area contributed by atoms with Crippen LogP contribution < -0.4 is 21.5 Å². The molecule has 1 aromatic rings. The summed E-state index contributed by atoms with van der Waals surface area (Å²) in [6.07, 6.45) is 0.998. The van der Waals surface area contributed by atoms with E-state index in [9.17, 15) is 0 Å². The van der Waals surface area contributed by atoms with Gasteiger partial charge in [0.2, 0.25) is 0 Å². The third-order valence-corrected chi connectivity index (χ3v) is 2.62. The van der Waals surface area contributed by atoms with Gasteiger partial charge in [-0.05, 0) is 48.6 Å². The molecule has 1 aromatic carbocycles. The van der Waals surface area contributed by atoms with Crippen molar-refractivity contribution in [2.24, 2.45) is 0 Å². The topological polar surface area (TPSA) is 48.1 Å². The predicted molar refractivity (Wildman–Crippen MR) is 80.0 cm³/mol. The second-order valence-corrected chi connectivity index (χ2v) is 4.15. The minimum absolute atomic E-state index is 0.468. The van der Waals surface area contributed by atoms with Gasteiger partial charge in [0.15, 0.2) is 10.2 Å². The van der Waals surface area contributed by atoms with Gasteiger partial charge < -0.3 is 10.6 Å². The van der Waals surface area contributed by atoms with Gasteiger partial charge in [0.25, 0.3) is 0 Å². The molecule has 0 unspecified atom stereocenters. The molecular weight excluding hydrogens is 252 g/mol. The first-order chi connectivity index (χ1) is 8.15. The van der Waals surface area contributed by atoms with E-state index < -0.39 is 0 Å². The zero-order valence-corrected chi connectivity index (χ0v) is 11.5. The van der Waals surface area contributed by atoms with E-state index >= 15 is 0 Å².